The Morgan fingerprint density at radius 1 is 1.08 bits per heavy atom. The fourth-order valence-electron chi connectivity index (χ4n) is 2.46. The molecule has 5 heteroatoms. The first-order chi connectivity index (χ1) is 12.3. The van der Waals surface area contributed by atoms with Crippen LogP contribution in [0, 0.1) is 0 Å². The highest BCUT2D eigenvalue weighted by atomic mass is 32.2. The molecular weight excluding hydrogens is 348 g/mol. The second-order valence-corrected chi connectivity index (χ2v) is 7.96. The number of ether oxygens (including phenoxy) is 2. The monoisotopic (exact) mass is 368 g/mol. The summed E-state index contributed by atoms with van der Waals surface area (Å²) < 4.78 is 10.6. The number of fused-ring (bicyclic) bond motifs is 1. The lowest BCUT2D eigenvalue weighted by molar-refractivity contribution is -0.157. The summed E-state index contributed by atoms with van der Waals surface area (Å²) in [6.45, 7) is 5.30. The number of hydrogen-bond donors (Lipinski definition) is 0. The molecule has 0 aromatic heterocycles. The Bertz CT molecular complexity index is 860. The van der Waals surface area contributed by atoms with Gasteiger partial charge in [0.2, 0.25) is 5.78 Å². The molecule has 4 nitrogen and oxygen atoms in total. The minimum atomic E-state index is -0.528. The van der Waals surface area contributed by atoms with Gasteiger partial charge in [-0.15, -0.1) is 0 Å². The van der Waals surface area contributed by atoms with Crippen LogP contribution in [-0.4, -0.2) is 24.0 Å². The summed E-state index contributed by atoms with van der Waals surface area (Å²) in [6.07, 6.45) is 1.87. The Hall–Kier alpha value is -2.53. The average molecular weight is 368 g/mol. The van der Waals surface area contributed by atoms with Crippen molar-refractivity contribution < 1.29 is 19.1 Å². The van der Waals surface area contributed by atoms with Crippen LogP contribution in [0.15, 0.2) is 58.3 Å². The van der Waals surface area contributed by atoms with Crippen LogP contribution < -0.4 is 4.74 Å². The minimum Gasteiger partial charge on any atom is -0.482 e. The van der Waals surface area contributed by atoms with E-state index in [9.17, 15) is 9.59 Å². The Balaban J connectivity index is 1.62. The van der Waals surface area contributed by atoms with Crippen LogP contribution in [0.25, 0.3) is 6.08 Å². The van der Waals surface area contributed by atoms with Crippen molar-refractivity contribution in [3.05, 3.63) is 64.6 Å². The smallest absolute Gasteiger partial charge is 0.344 e. The van der Waals surface area contributed by atoms with Crippen LogP contribution in [0.4, 0.5) is 0 Å². The largest absolute Gasteiger partial charge is 0.482 e. The fraction of sp³-hybridized carbons (Fsp3) is 0.238. The van der Waals surface area contributed by atoms with Gasteiger partial charge in [0.1, 0.15) is 11.4 Å². The van der Waals surface area contributed by atoms with Gasteiger partial charge in [-0.05, 0) is 56.7 Å². The lowest BCUT2D eigenvalue weighted by Gasteiger charge is -2.19. The summed E-state index contributed by atoms with van der Waals surface area (Å²) in [7, 11) is 0. The normalized spacial score (nSPS) is 15.0. The molecule has 1 heterocycles. The zero-order chi connectivity index (χ0) is 18.7. The van der Waals surface area contributed by atoms with E-state index in [1.54, 1.807) is 12.1 Å². The summed E-state index contributed by atoms with van der Waals surface area (Å²) >= 11 is 1.48. The predicted molar refractivity (Wildman–Crippen MR) is 102 cm³/mol. The first-order valence-corrected chi connectivity index (χ1v) is 9.11. The van der Waals surface area contributed by atoms with Crippen LogP contribution in [0.2, 0.25) is 0 Å². The van der Waals surface area contributed by atoms with Gasteiger partial charge in [0.05, 0.1) is 4.91 Å². The number of Topliss-reactive ketones (excluding diaryl/α,β-unsaturated/α-hetero) is 1. The van der Waals surface area contributed by atoms with Crippen LogP contribution >= 0.6 is 11.8 Å². The molecule has 1 aliphatic heterocycles. The number of carbonyl (C=O) groups excluding carboxylic acids is 2. The lowest BCUT2D eigenvalue weighted by atomic mass is 10.1. The highest BCUT2D eigenvalue weighted by Gasteiger charge is 2.25. The van der Waals surface area contributed by atoms with E-state index in [0.717, 1.165) is 16.0 Å². The molecule has 3 rings (SSSR count). The summed E-state index contributed by atoms with van der Waals surface area (Å²) in [5.41, 5.74) is 1.12. The quantitative estimate of drug-likeness (QED) is 0.576. The molecule has 1 aliphatic rings. The molecule has 0 atom stereocenters. The van der Waals surface area contributed by atoms with Gasteiger partial charge in [-0.3, -0.25) is 4.79 Å². The van der Waals surface area contributed by atoms with E-state index in [4.69, 9.17) is 9.47 Å². The first-order valence-electron chi connectivity index (χ1n) is 8.30. The summed E-state index contributed by atoms with van der Waals surface area (Å²) in [6, 6.07) is 14.9. The van der Waals surface area contributed by atoms with Crippen LogP contribution in [-0.2, 0) is 9.53 Å². The van der Waals surface area contributed by atoms with Crippen LogP contribution in [0.3, 0.4) is 0 Å². The summed E-state index contributed by atoms with van der Waals surface area (Å²) in [4.78, 5) is 25.8. The molecule has 2 aromatic rings. The zero-order valence-corrected chi connectivity index (χ0v) is 15.8. The van der Waals surface area contributed by atoms with E-state index in [1.807, 2.05) is 63.2 Å². The van der Waals surface area contributed by atoms with E-state index >= 15 is 0 Å². The molecule has 0 N–H and O–H groups in total. The number of allylic oxidation sites excluding steroid dienone is 1. The van der Waals surface area contributed by atoms with E-state index in [2.05, 4.69) is 0 Å². The molecule has 0 spiro atoms. The number of benzene rings is 2. The lowest BCUT2D eigenvalue weighted by Crippen LogP contribution is -2.27. The van der Waals surface area contributed by atoms with E-state index < -0.39 is 11.6 Å². The van der Waals surface area contributed by atoms with E-state index in [1.165, 1.54) is 11.8 Å². The highest BCUT2D eigenvalue weighted by molar-refractivity contribution is 8.04. The number of carbonyl (C=O) groups is 2. The van der Waals surface area contributed by atoms with Gasteiger partial charge in [0, 0.05) is 10.5 Å². The summed E-state index contributed by atoms with van der Waals surface area (Å²) in [5.74, 6) is 0.219. The minimum absolute atomic E-state index is 0.0517. The van der Waals surface area contributed by atoms with Crippen molar-refractivity contribution in [2.45, 2.75) is 31.3 Å². The van der Waals surface area contributed by atoms with Crippen molar-refractivity contribution in [2.24, 2.45) is 0 Å². The third-order valence-electron chi connectivity index (χ3n) is 3.53. The van der Waals surface area contributed by atoms with Crippen molar-refractivity contribution in [3.8, 4) is 5.75 Å². The topological polar surface area (TPSA) is 52.6 Å². The fourth-order valence-corrected chi connectivity index (χ4v) is 3.51. The average Bonchev–Trinajstić information content (AvgIpc) is 2.89. The molecule has 0 radical (unpaired) electrons. The van der Waals surface area contributed by atoms with Gasteiger partial charge in [-0.2, -0.15) is 0 Å². The number of hydrogen-bond acceptors (Lipinski definition) is 5. The molecule has 0 bridgehead atoms. The van der Waals surface area contributed by atoms with E-state index in [0.29, 0.717) is 10.7 Å². The molecule has 0 saturated heterocycles. The number of ketones is 1. The van der Waals surface area contributed by atoms with Gasteiger partial charge in [-0.25, -0.2) is 4.79 Å². The number of thioether (sulfide) groups is 1. The maximum absolute atomic E-state index is 12.4. The SMILES string of the molecule is CC(C)(C)OC(=O)COc1ccc(/C=C2\Sc3ccccc3C2=O)cc1. The van der Waals surface area contributed by atoms with Crippen LogP contribution in [0.5, 0.6) is 5.75 Å². The highest BCUT2D eigenvalue weighted by Crippen LogP contribution is 2.40. The number of esters is 1. The van der Waals surface area contributed by atoms with Gasteiger partial charge in [0.15, 0.2) is 6.61 Å². The van der Waals surface area contributed by atoms with Crippen LogP contribution in [0.1, 0.15) is 36.7 Å². The van der Waals surface area contributed by atoms with Crippen molar-refractivity contribution in [3.63, 3.8) is 0 Å². The second-order valence-electron chi connectivity index (χ2n) is 6.88. The Morgan fingerprint density at radius 2 is 1.77 bits per heavy atom. The van der Waals surface area contributed by atoms with E-state index in [-0.39, 0.29) is 12.4 Å². The maximum atomic E-state index is 12.4. The molecular formula is C21H20O4S. The molecule has 0 fully saturated rings. The van der Waals surface area contributed by atoms with Crippen molar-refractivity contribution in [1.29, 1.82) is 0 Å². The predicted octanol–water partition coefficient (Wildman–Crippen LogP) is 4.74. The van der Waals surface area contributed by atoms with Gasteiger partial charge < -0.3 is 9.47 Å². The molecule has 134 valence electrons. The Labute approximate surface area is 157 Å². The van der Waals surface area contributed by atoms with Crippen molar-refractivity contribution >= 4 is 29.6 Å². The molecule has 2 aromatic carbocycles. The molecule has 0 amide bonds. The summed E-state index contributed by atoms with van der Waals surface area (Å²) in [5, 5.41) is 0. The first kappa shape index (κ1) is 18.3. The van der Waals surface area contributed by atoms with Gasteiger partial charge in [-0.1, -0.05) is 36.0 Å². The maximum Gasteiger partial charge on any atom is 0.344 e. The molecule has 0 unspecified atom stereocenters. The Morgan fingerprint density at radius 3 is 2.42 bits per heavy atom. The zero-order valence-electron chi connectivity index (χ0n) is 14.9. The van der Waals surface area contributed by atoms with Crippen molar-refractivity contribution in [2.75, 3.05) is 6.61 Å². The second kappa shape index (κ2) is 7.38. The van der Waals surface area contributed by atoms with Gasteiger partial charge >= 0.3 is 5.97 Å². The molecule has 0 saturated carbocycles. The molecule has 26 heavy (non-hydrogen) atoms. The Kier molecular flexibility index (Phi) is 5.18. The van der Waals surface area contributed by atoms with Gasteiger partial charge in [0.25, 0.3) is 0 Å². The van der Waals surface area contributed by atoms with Crippen molar-refractivity contribution in [1.82, 2.24) is 0 Å². The third-order valence-corrected chi connectivity index (χ3v) is 4.63. The molecule has 0 aliphatic carbocycles. The number of rotatable bonds is 4. The standard InChI is InChI=1S/C21H20O4S/c1-21(2,3)25-19(22)13-24-15-10-8-14(9-11-15)12-18-20(23)16-6-4-5-7-17(16)26-18/h4-12H,13H2,1-3H3/b18-12-. The third kappa shape index (κ3) is 4.55.